The SMILES string of the molecule is CCCCC/C=C\C/C=C\CCCCCCCCOCC(OCCCCCCCC/C=C\C/C=C\CCCCC)C(O)N(C(O)O)C(C)(O)O. The first kappa shape index (κ1) is 48.6. The monoisotopic (exact) mass is 710 g/mol. The molecule has 8 nitrogen and oxygen atoms in total. The Morgan fingerprint density at radius 2 is 0.900 bits per heavy atom. The molecule has 0 aromatic rings. The van der Waals surface area contributed by atoms with Crippen molar-refractivity contribution in [3.63, 3.8) is 0 Å². The van der Waals surface area contributed by atoms with Crippen molar-refractivity contribution in [2.75, 3.05) is 19.8 Å². The molecule has 0 aliphatic rings. The van der Waals surface area contributed by atoms with Crippen LogP contribution >= 0.6 is 0 Å². The summed E-state index contributed by atoms with van der Waals surface area (Å²) in [6, 6.07) is 0. The number of hydrogen-bond acceptors (Lipinski definition) is 8. The molecule has 5 N–H and O–H groups in total. The van der Waals surface area contributed by atoms with E-state index in [1.165, 1.54) is 83.5 Å². The molecule has 294 valence electrons. The normalized spacial score (nSPS) is 14.2. The average Bonchev–Trinajstić information content (AvgIpc) is 3.07. The first-order valence-corrected chi connectivity index (χ1v) is 20.3. The van der Waals surface area contributed by atoms with Crippen LogP contribution in [-0.4, -0.2) is 74.9 Å². The number of nitrogens with zero attached hydrogens (tertiary/aromatic N) is 1. The number of ether oxygens (including phenoxy) is 2. The maximum absolute atomic E-state index is 10.8. The van der Waals surface area contributed by atoms with Gasteiger partial charge in [0.05, 0.1) is 6.61 Å². The third kappa shape index (κ3) is 31.4. The van der Waals surface area contributed by atoms with E-state index in [9.17, 15) is 25.5 Å². The third-order valence-corrected chi connectivity index (χ3v) is 8.80. The summed E-state index contributed by atoms with van der Waals surface area (Å²) in [6.07, 6.45) is 40.8. The highest BCUT2D eigenvalue weighted by Gasteiger charge is 2.40. The molecule has 0 aliphatic heterocycles. The topological polar surface area (TPSA) is 123 Å². The van der Waals surface area contributed by atoms with Crippen LogP contribution in [-0.2, 0) is 9.47 Å². The summed E-state index contributed by atoms with van der Waals surface area (Å²) in [5.74, 6) is -2.66. The van der Waals surface area contributed by atoms with Gasteiger partial charge in [0.15, 0.2) is 0 Å². The number of aliphatic hydroxyl groups excluding tert-OH is 2. The Kier molecular flexibility index (Phi) is 35.0. The van der Waals surface area contributed by atoms with Crippen molar-refractivity contribution in [3.05, 3.63) is 48.6 Å². The number of hydrogen-bond donors (Lipinski definition) is 5. The fourth-order valence-corrected chi connectivity index (χ4v) is 5.72. The van der Waals surface area contributed by atoms with E-state index in [1.54, 1.807) is 0 Å². The molecule has 8 heteroatoms. The molecule has 0 radical (unpaired) electrons. The van der Waals surface area contributed by atoms with Crippen LogP contribution < -0.4 is 0 Å². The number of unbranched alkanes of at least 4 members (excludes halogenated alkanes) is 18. The van der Waals surface area contributed by atoms with Crippen molar-refractivity contribution in [1.29, 1.82) is 0 Å². The fraction of sp³-hybridized carbons (Fsp3) is 0.810. The maximum atomic E-state index is 10.8. The molecule has 0 amide bonds. The quantitative estimate of drug-likeness (QED) is 0.0246. The van der Waals surface area contributed by atoms with Gasteiger partial charge in [-0.1, -0.05) is 140 Å². The molecule has 0 spiro atoms. The van der Waals surface area contributed by atoms with Gasteiger partial charge >= 0.3 is 0 Å². The zero-order valence-electron chi connectivity index (χ0n) is 32.4. The summed E-state index contributed by atoms with van der Waals surface area (Å²) in [4.78, 5) is 0.389. The van der Waals surface area contributed by atoms with Crippen LogP contribution in [0.25, 0.3) is 0 Å². The maximum Gasteiger partial charge on any atom is 0.228 e. The van der Waals surface area contributed by atoms with Crippen LogP contribution in [0.5, 0.6) is 0 Å². The number of rotatable bonds is 37. The Balaban J connectivity index is 4.20. The molecule has 0 rings (SSSR count). The van der Waals surface area contributed by atoms with Crippen LogP contribution in [0, 0.1) is 0 Å². The minimum Gasteiger partial charge on any atom is -0.379 e. The van der Waals surface area contributed by atoms with Crippen molar-refractivity contribution in [3.8, 4) is 0 Å². The highest BCUT2D eigenvalue weighted by atomic mass is 16.6. The Labute approximate surface area is 307 Å². The van der Waals surface area contributed by atoms with Crippen molar-refractivity contribution < 1.29 is 35.0 Å². The highest BCUT2D eigenvalue weighted by molar-refractivity contribution is 4.93. The molecule has 0 heterocycles. The van der Waals surface area contributed by atoms with E-state index in [1.807, 2.05) is 0 Å². The summed E-state index contributed by atoms with van der Waals surface area (Å²) < 4.78 is 11.7. The predicted octanol–water partition coefficient (Wildman–Crippen LogP) is 9.56. The van der Waals surface area contributed by atoms with Gasteiger partial charge in [0.1, 0.15) is 12.3 Å². The van der Waals surface area contributed by atoms with E-state index in [0.717, 1.165) is 77.6 Å². The fourth-order valence-electron chi connectivity index (χ4n) is 5.72. The first-order chi connectivity index (χ1) is 24.3. The van der Waals surface area contributed by atoms with Crippen molar-refractivity contribution >= 4 is 0 Å². The summed E-state index contributed by atoms with van der Waals surface area (Å²) in [5, 5.41) is 50.2. The van der Waals surface area contributed by atoms with Crippen molar-refractivity contribution in [2.45, 2.75) is 200 Å². The van der Waals surface area contributed by atoms with Gasteiger partial charge in [-0.25, -0.2) is 0 Å². The van der Waals surface area contributed by atoms with Gasteiger partial charge in [-0.05, 0) is 77.0 Å². The highest BCUT2D eigenvalue weighted by Crippen LogP contribution is 2.19. The van der Waals surface area contributed by atoms with Crippen LogP contribution in [0.3, 0.4) is 0 Å². The van der Waals surface area contributed by atoms with Crippen molar-refractivity contribution in [1.82, 2.24) is 4.90 Å². The predicted molar refractivity (Wildman–Crippen MR) is 208 cm³/mol. The molecule has 2 unspecified atom stereocenters. The standard InChI is InChI=1S/C42H79NO7/c1-4-6-8-10-12-14-16-18-20-22-24-26-28-30-32-34-36-49-38-39(40(44)43(41(45)46)42(3,47)48)50-37-35-33-31-29-27-25-23-21-19-17-15-13-11-9-7-5-2/h12-15,18-21,39-41,44-48H,4-11,16-17,22-38H2,1-3H3/b14-12-,15-13-,20-18-,21-19-. The Morgan fingerprint density at radius 1 is 0.520 bits per heavy atom. The minimum absolute atomic E-state index is 0.00287. The van der Waals surface area contributed by atoms with Gasteiger partial charge in [-0.15, -0.1) is 0 Å². The molecule has 0 saturated heterocycles. The smallest absolute Gasteiger partial charge is 0.228 e. The molecule has 0 aromatic heterocycles. The van der Waals surface area contributed by atoms with Crippen LogP contribution in [0.1, 0.15) is 175 Å². The molecular formula is C42H79NO7. The lowest BCUT2D eigenvalue weighted by Crippen LogP contribution is -2.61. The second-order valence-electron chi connectivity index (χ2n) is 13.8. The van der Waals surface area contributed by atoms with Gasteiger partial charge in [0.2, 0.25) is 12.3 Å². The average molecular weight is 710 g/mol. The molecule has 0 bridgehead atoms. The summed E-state index contributed by atoms with van der Waals surface area (Å²) in [7, 11) is 0. The van der Waals surface area contributed by atoms with Crippen LogP contribution in [0.15, 0.2) is 48.6 Å². The van der Waals surface area contributed by atoms with E-state index < -0.39 is 24.7 Å². The minimum atomic E-state index is -2.66. The Morgan fingerprint density at radius 3 is 1.30 bits per heavy atom. The van der Waals surface area contributed by atoms with Gasteiger partial charge in [0, 0.05) is 20.1 Å². The third-order valence-electron chi connectivity index (χ3n) is 8.80. The van der Waals surface area contributed by atoms with Crippen LogP contribution in [0.2, 0.25) is 0 Å². The van der Waals surface area contributed by atoms with E-state index in [4.69, 9.17) is 9.47 Å². The van der Waals surface area contributed by atoms with Gasteiger partial charge < -0.3 is 35.0 Å². The van der Waals surface area contributed by atoms with E-state index >= 15 is 0 Å². The summed E-state index contributed by atoms with van der Waals surface area (Å²) in [6.45, 7) is 6.27. The Hall–Kier alpha value is -1.36. The first-order valence-electron chi connectivity index (χ1n) is 20.3. The van der Waals surface area contributed by atoms with Crippen molar-refractivity contribution in [2.24, 2.45) is 0 Å². The molecular weight excluding hydrogens is 630 g/mol. The molecule has 0 fully saturated rings. The van der Waals surface area contributed by atoms with E-state index in [0.29, 0.717) is 18.1 Å². The second kappa shape index (κ2) is 36.0. The van der Waals surface area contributed by atoms with Gasteiger partial charge in [-0.3, -0.25) is 0 Å². The second-order valence-corrected chi connectivity index (χ2v) is 13.8. The lowest BCUT2D eigenvalue weighted by Gasteiger charge is -2.39. The Bertz CT molecular complexity index is 821. The van der Waals surface area contributed by atoms with Gasteiger partial charge in [-0.2, -0.15) is 4.90 Å². The zero-order valence-corrected chi connectivity index (χ0v) is 32.4. The van der Waals surface area contributed by atoms with Gasteiger partial charge in [0.25, 0.3) is 0 Å². The number of allylic oxidation sites excluding steroid dienone is 8. The number of aliphatic hydroxyl groups is 5. The zero-order chi connectivity index (χ0) is 37.0. The molecule has 2 atom stereocenters. The van der Waals surface area contributed by atoms with Crippen LogP contribution in [0.4, 0.5) is 0 Å². The lowest BCUT2D eigenvalue weighted by atomic mass is 10.1. The largest absolute Gasteiger partial charge is 0.379 e. The molecule has 0 saturated carbocycles. The molecule has 50 heavy (non-hydrogen) atoms. The van der Waals surface area contributed by atoms with E-state index in [2.05, 4.69) is 62.5 Å². The summed E-state index contributed by atoms with van der Waals surface area (Å²) in [5.41, 5.74) is 0. The lowest BCUT2D eigenvalue weighted by molar-refractivity contribution is -0.371. The molecule has 0 aliphatic carbocycles. The summed E-state index contributed by atoms with van der Waals surface area (Å²) >= 11 is 0. The molecule has 0 aromatic carbocycles. The van der Waals surface area contributed by atoms with E-state index in [-0.39, 0.29) is 6.61 Å².